The molecule has 0 radical (unpaired) electrons. The van der Waals surface area contributed by atoms with E-state index in [-0.39, 0.29) is 25.4 Å². The molecule has 2 aliphatic heterocycles. The van der Waals surface area contributed by atoms with E-state index in [0.717, 1.165) is 0 Å². The van der Waals surface area contributed by atoms with Gasteiger partial charge in [-0.05, 0) is 19.1 Å². The smallest absolute Gasteiger partial charge is 0.415 e. The predicted molar refractivity (Wildman–Crippen MR) is 88.1 cm³/mol. The van der Waals surface area contributed by atoms with Crippen molar-refractivity contribution in [3.63, 3.8) is 0 Å². The molecule has 2 N–H and O–H groups in total. The second-order valence-corrected chi connectivity index (χ2v) is 6.28. The average Bonchev–Trinajstić information content (AvgIpc) is 3.04. The Bertz CT molecular complexity index is 737. The zero-order valence-electron chi connectivity index (χ0n) is 14.1. The zero-order valence-corrected chi connectivity index (χ0v) is 14.1. The second kappa shape index (κ2) is 7.03. The maximum atomic E-state index is 12.5. The van der Waals surface area contributed by atoms with Gasteiger partial charge in [0.25, 0.3) is 5.91 Å². The van der Waals surface area contributed by atoms with Gasteiger partial charge in [-0.15, -0.1) is 0 Å². The van der Waals surface area contributed by atoms with Gasteiger partial charge in [-0.1, -0.05) is 18.2 Å². The molecule has 3 atom stereocenters. The van der Waals surface area contributed by atoms with Crippen LogP contribution >= 0.6 is 0 Å². The first-order chi connectivity index (χ1) is 12.4. The zero-order chi connectivity index (χ0) is 18.8. The van der Waals surface area contributed by atoms with Gasteiger partial charge in [0.1, 0.15) is 12.6 Å². The monoisotopic (exact) mass is 361 g/mol. The Kier molecular flexibility index (Phi) is 4.79. The van der Waals surface area contributed by atoms with Crippen LogP contribution in [0.1, 0.15) is 23.7 Å². The number of aliphatic carboxylic acids is 1. The Morgan fingerprint density at radius 2 is 1.96 bits per heavy atom. The number of nitrogens with one attached hydrogen (secondary N) is 1. The van der Waals surface area contributed by atoms with Crippen LogP contribution in [0.4, 0.5) is 4.79 Å². The highest BCUT2D eigenvalue weighted by atomic mass is 16.6. The van der Waals surface area contributed by atoms with Crippen molar-refractivity contribution in [2.45, 2.75) is 31.7 Å². The molecule has 0 aromatic heterocycles. The number of carbonyl (C=O) groups excluding carboxylic acids is 3. The van der Waals surface area contributed by atoms with E-state index in [1.165, 1.54) is 9.80 Å². The molecule has 2 saturated heterocycles. The van der Waals surface area contributed by atoms with Crippen molar-refractivity contribution in [1.82, 2.24) is 15.1 Å². The number of carboxylic acids is 1. The lowest BCUT2D eigenvalue weighted by atomic mass is 10.1. The van der Waals surface area contributed by atoms with Crippen LogP contribution in [-0.2, 0) is 14.3 Å². The van der Waals surface area contributed by atoms with E-state index in [0.29, 0.717) is 5.56 Å². The molecule has 0 spiro atoms. The molecular formula is C17H19N3O6. The molecule has 2 heterocycles. The predicted octanol–water partition coefficient (Wildman–Crippen LogP) is 0.269. The van der Waals surface area contributed by atoms with Crippen LogP contribution in [0.15, 0.2) is 30.3 Å². The fourth-order valence-electron chi connectivity index (χ4n) is 3.11. The van der Waals surface area contributed by atoms with Crippen LogP contribution in [0.25, 0.3) is 0 Å². The van der Waals surface area contributed by atoms with Crippen molar-refractivity contribution in [2.75, 3.05) is 13.1 Å². The van der Waals surface area contributed by atoms with E-state index >= 15 is 0 Å². The maximum absolute atomic E-state index is 12.5. The van der Waals surface area contributed by atoms with E-state index in [1.807, 2.05) is 0 Å². The molecule has 3 amide bonds. The topological polar surface area (TPSA) is 116 Å². The first kappa shape index (κ1) is 17.7. The number of carboxylic acid groups (broad SMARTS) is 1. The highest BCUT2D eigenvalue weighted by Crippen LogP contribution is 2.22. The fourth-order valence-corrected chi connectivity index (χ4v) is 3.11. The summed E-state index contributed by atoms with van der Waals surface area (Å²) < 4.78 is 4.76. The molecule has 1 unspecified atom stereocenters. The number of rotatable bonds is 5. The standard InChI is InChI=1S/C17H19N3O6/c1-10-19(17(25)26-10)9-14(21)20-8-12(7-13(20)16(23)24)18-15(22)11-5-3-2-4-6-11/h2-6,10,12-13H,7-9H2,1H3,(H,18,22)(H,23,24)/t10?,12-,13+/m1/s1. The molecule has 26 heavy (non-hydrogen) atoms. The summed E-state index contributed by atoms with van der Waals surface area (Å²) in [5, 5.41) is 12.2. The van der Waals surface area contributed by atoms with E-state index in [4.69, 9.17) is 4.74 Å². The molecule has 1 aromatic carbocycles. The summed E-state index contributed by atoms with van der Waals surface area (Å²) in [7, 11) is 0. The molecule has 0 saturated carbocycles. The van der Waals surface area contributed by atoms with Gasteiger partial charge >= 0.3 is 12.1 Å². The van der Waals surface area contributed by atoms with Gasteiger partial charge in [0.2, 0.25) is 5.91 Å². The van der Waals surface area contributed by atoms with Gasteiger partial charge < -0.3 is 20.1 Å². The number of amides is 3. The van der Waals surface area contributed by atoms with Crippen molar-refractivity contribution >= 4 is 23.9 Å². The van der Waals surface area contributed by atoms with E-state index in [9.17, 15) is 24.3 Å². The third-order valence-electron chi connectivity index (χ3n) is 4.53. The van der Waals surface area contributed by atoms with Gasteiger partial charge in [-0.3, -0.25) is 14.5 Å². The van der Waals surface area contributed by atoms with Crippen LogP contribution in [0.3, 0.4) is 0 Å². The van der Waals surface area contributed by atoms with Crippen molar-refractivity contribution in [3.05, 3.63) is 35.9 Å². The van der Waals surface area contributed by atoms with Gasteiger partial charge in [0, 0.05) is 24.6 Å². The molecule has 0 bridgehead atoms. The van der Waals surface area contributed by atoms with Gasteiger partial charge in [0.15, 0.2) is 6.23 Å². The van der Waals surface area contributed by atoms with Crippen molar-refractivity contribution < 1.29 is 29.0 Å². The van der Waals surface area contributed by atoms with E-state index in [1.54, 1.807) is 37.3 Å². The van der Waals surface area contributed by atoms with Crippen molar-refractivity contribution in [1.29, 1.82) is 0 Å². The lowest BCUT2D eigenvalue weighted by Gasteiger charge is -2.37. The number of ether oxygens (including phenoxy) is 1. The molecule has 9 nitrogen and oxygen atoms in total. The summed E-state index contributed by atoms with van der Waals surface area (Å²) in [6.07, 6.45) is -1.00. The molecule has 1 aromatic rings. The highest BCUT2D eigenvalue weighted by molar-refractivity contribution is 5.94. The van der Waals surface area contributed by atoms with Crippen LogP contribution in [0, 0.1) is 0 Å². The molecule has 3 rings (SSSR count). The third-order valence-corrected chi connectivity index (χ3v) is 4.53. The Morgan fingerprint density at radius 1 is 1.27 bits per heavy atom. The number of hydrogen-bond acceptors (Lipinski definition) is 5. The molecule has 0 aliphatic carbocycles. The first-order valence-electron chi connectivity index (χ1n) is 8.22. The van der Waals surface area contributed by atoms with Crippen LogP contribution in [0.5, 0.6) is 0 Å². The normalized spacial score (nSPS) is 24.7. The van der Waals surface area contributed by atoms with Crippen molar-refractivity contribution in [3.8, 4) is 0 Å². The second-order valence-electron chi connectivity index (χ2n) is 6.28. The fraction of sp³-hybridized carbons (Fsp3) is 0.412. The highest BCUT2D eigenvalue weighted by Gasteiger charge is 2.43. The van der Waals surface area contributed by atoms with Gasteiger partial charge in [-0.25, -0.2) is 9.59 Å². The largest absolute Gasteiger partial charge is 0.480 e. The lowest BCUT2D eigenvalue weighted by molar-refractivity contribution is -0.151. The number of hydrogen-bond donors (Lipinski definition) is 2. The SMILES string of the molecule is CC1OC(=O)N1CC(=O)N1C[C@H](NC(=O)c2ccccc2)C[C@H]1C(=O)O. The summed E-state index contributed by atoms with van der Waals surface area (Å²) >= 11 is 0. The van der Waals surface area contributed by atoms with Gasteiger partial charge in [0.05, 0.1) is 0 Å². The van der Waals surface area contributed by atoms with E-state index in [2.05, 4.69) is 5.32 Å². The summed E-state index contributed by atoms with van der Waals surface area (Å²) in [4.78, 5) is 49.9. The summed E-state index contributed by atoms with van der Waals surface area (Å²) in [6.45, 7) is 1.45. The minimum atomic E-state index is -1.14. The quantitative estimate of drug-likeness (QED) is 0.778. The Hall–Kier alpha value is -3.10. The van der Waals surface area contributed by atoms with Gasteiger partial charge in [-0.2, -0.15) is 0 Å². The number of nitrogens with zero attached hydrogens (tertiary/aromatic N) is 2. The summed E-state index contributed by atoms with van der Waals surface area (Å²) in [5.74, 6) is -1.96. The van der Waals surface area contributed by atoms with Crippen LogP contribution in [0.2, 0.25) is 0 Å². The Balaban J connectivity index is 1.64. The first-order valence-corrected chi connectivity index (χ1v) is 8.22. The summed E-state index contributed by atoms with van der Waals surface area (Å²) in [6, 6.07) is 7.02. The Labute approximate surface area is 149 Å². The molecule has 2 aliphatic rings. The minimum Gasteiger partial charge on any atom is -0.480 e. The van der Waals surface area contributed by atoms with Crippen LogP contribution in [-0.4, -0.2) is 70.2 Å². The van der Waals surface area contributed by atoms with Crippen LogP contribution < -0.4 is 5.32 Å². The number of benzene rings is 1. The van der Waals surface area contributed by atoms with Crippen molar-refractivity contribution in [2.24, 2.45) is 0 Å². The molecule has 138 valence electrons. The molecule has 9 heteroatoms. The lowest BCUT2D eigenvalue weighted by Crippen LogP contribution is -2.57. The Morgan fingerprint density at radius 3 is 2.54 bits per heavy atom. The maximum Gasteiger partial charge on any atom is 0.415 e. The summed E-state index contributed by atoms with van der Waals surface area (Å²) in [5.41, 5.74) is 0.460. The number of likely N-dealkylation sites (tertiary alicyclic amines) is 1. The van der Waals surface area contributed by atoms with E-state index < -0.39 is 36.3 Å². The molecular weight excluding hydrogens is 342 g/mol. The third kappa shape index (κ3) is 3.46. The molecule has 2 fully saturated rings. The number of carbonyl (C=O) groups is 4. The minimum absolute atomic E-state index is 0.0750. The number of cyclic esters (lactones) is 1. The average molecular weight is 361 g/mol.